The van der Waals surface area contributed by atoms with Gasteiger partial charge in [0.1, 0.15) is 4.34 Å². The van der Waals surface area contributed by atoms with E-state index in [2.05, 4.69) is 0 Å². The lowest BCUT2D eigenvalue weighted by Crippen LogP contribution is -2.01. The van der Waals surface area contributed by atoms with Gasteiger partial charge in [0.25, 0.3) is 0 Å². The number of ether oxygens (including phenoxy) is 1. The summed E-state index contributed by atoms with van der Waals surface area (Å²) in [6, 6.07) is 1.91. The van der Waals surface area contributed by atoms with Crippen LogP contribution in [0.15, 0.2) is 17.5 Å². The third-order valence-corrected chi connectivity index (χ3v) is 2.73. The number of esters is 1. The van der Waals surface area contributed by atoms with Crippen LogP contribution in [0, 0.1) is 0 Å². The molecule has 0 spiro atoms. The molecule has 0 saturated carbocycles. The predicted molar refractivity (Wildman–Crippen MR) is 59.6 cm³/mol. The molecule has 2 nitrogen and oxygen atoms in total. The normalized spacial score (nSPS) is 10.7. The third kappa shape index (κ3) is 3.52. The van der Waals surface area contributed by atoms with Gasteiger partial charge >= 0.3 is 5.97 Å². The Kier molecular flexibility index (Phi) is 4.70. The molecule has 1 aromatic rings. The monoisotopic (exact) mass is 230 g/mol. The highest BCUT2D eigenvalue weighted by Crippen LogP contribution is 2.23. The Balaban J connectivity index is 2.42. The molecule has 0 unspecified atom stereocenters. The molecule has 1 heterocycles. The van der Waals surface area contributed by atoms with Crippen LogP contribution in [-0.2, 0) is 9.53 Å². The van der Waals surface area contributed by atoms with Crippen LogP contribution in [0.1, 0.15) is 18.9 Å². The number of rotatable bonds is 4. The van der Waals surface area contributed by atoms with Crippen molar-refractivity contribution in [3.8, 4) is 0 Å². The van der Waals surface area contributed by atoms with Gasteiger partial charge in [-0.1, -0.05) is 23.8 Å². The van der Waals surface area contributed by atoms with Crippen molar-refractivity contribution in [2.75, 3.05) is 6.61 Å². The zero-order valence-electron chi connectivity index (χ0n) is 7.83. The summed E-state index contributed by atoms with van der Waals surface area (Å²) in [7, 11) is 0. The van der Waals surface area contributed by atoms with Gasteiger partial charge in [-0.3, -0.25) is 4.79 Å². The number of thiophene rings is 1. The quantitative estimate of drug-likeness (QED) is 0.742. The second-order valence-electron chi connectivity index (χ2n) is 2.56. The van der Waals surface area contributed by atoms with Gasteiger partial charge in [0.05, 0.1) is 13.0 Å². The molecule has 0 aliphatic heterocycles. The van der Waals surface area contributed by atoms with Crippen molar-refractivity contribution in [3.63, 3.8) is 0 Å². The van der Waals surface area contributed by atoms with Gasteiger partial charge in [0.15, 0.2) is 0 Å². The molecule has 0 radical (unpaired) electrons. The molecule has 14 heavy (non-hydrogen) atoms. The van der Waals surface area contributed by atoms with E-state index >= 15 is 0 Å². The molecule has 0 aliphatic rings. The zero-order valence-corrected chi connectivity index (χ0v) is 9.40. The van der Waals surface area contributed by atoms with Crippen molar-refractivity contribution in [2.24, 2.45) is 0 Å². The smallest absolute Gasteiger partial charge is 0.309 e. The summed E-state index contributed by atoms with van der Waals surface area (Å²) in [6.45, 7) is 2.21. The van der Waals surface area contributed by atoms with E-state index < -0.39 is 0 Å². The maximum atomic E-state index is 11.0. The molecule has 0 bridgehead atoms. The summed E-state index contributed by atoms with van der Waals surface area (Å²) in [6.07, 6.45) is 3.88. The van der Waals surface area contributed by atoms with Crippen molar-refractivity contribution < 1.29 is 9.53 Å². The molecule has 0 aliphatic carbocycles. The molecular formula is C10H11ClO2S. The van der Waals surface area contributed by atoms with Crippen molar-refractivity contribution in [1.29, 1.82) is 0 Å². The van der Waals surface area contributed by atoms with Gasteiger partial charge in [-0.2, -0.15) is 0 Å². The minimum atomic E-state index is -0.213. The molecule has 0 N–H and O–H groups in total. The first-order chi connectivity index (χ1) is 6.74. The summed E-state index contributed by atoms with van der Waals surface area (Å²) in [5, 5.41) is 1.91. The van der Waals surface area contributed by atoms with Crippen LogP contribution in [-0.4, -0.2) is 12.6 Å². The van der Waals surface area contributed by atoms with Gasteiger partial charge in [-0.15, -0.1) is 11.3 Å². The van der Waals surface area contributed by atoms with Crippen LogP contribution in [0.3, 0.4) is 0 Å². The van der Waals surface area contributed by atoms with E-state index in [1.807, 2.05) is 17.5 Å². The summed E-state index contributed by atoms with van der Waals surface area (Å²) in [4.78, 5) is 11.0. The summed E-state index contributed by atoms with van der Waals surface area (Å²) in [5.74, 6) is -0.213. The third-order valence-electron chi connectivity index (χ3n) is 1.53. The molecule has 0 aromatic carbocycles. The first kappa shape index (κ1) is 11.3. The Morgan fingerprint density at radius 2 is 2.50 bits per heavy atom. The fraction of sp³-hybridized carbons (Fsp3) is 0.300. The van der Waals surface area contributed by atoms with Gasteiger partial charge in [-0.05, 0) is 18.4 Å². The summed E-state index contributed by atoms with van der Waals surface area (Å²) >= 11 is 7.34. The van der Waals surface area contributed by atoms with Crippen LogP contribution in [0.4, 0.5) is 0 Å². The Morgan fingerprint density at radius 3 is 3.07 bits per heavy atom. The van der Waals surface area contributed by atoms with Crippen LogP contribution >= 0.6 is 22.9 Å². The first-order valence-electron chi connectivity index (χ1n) is 4.29. The van der Waals surface area contributed by atoms with Crippen LogP contribution in [0.2, 0.25) is 4.34 Å². The van der Waals surface area contributed by atoms with Crippen molar-refractivity contribution in [2.45, 2.75) is 13.3 Å². The molecule has 76 valence electrons. The highest BCUT2D eigenvalue weighted by atomic mass is 35.5. The number of hydrogen-bond acceptors (Lipinski definition) is 3. The molecule has 0 atom stereocenters. The predicted octanol–water partition coefficient (Wildman–Crippen LogP) is 3.37. The number of halogens is 1. The Hall–Kier alpha value is -0.800. The molecule has 1 rings (SSSR count). The lowest BCUT2D eigenvalue weighted by atomic mass is 10.3. The van der Waals surface area contributed by atoms with E-state index in [-0.39, 0.29) is 5.97 Å². The van der Waals surface area contributed by atoms with Crippen LogP contribution in [0.5, 0.6) is 0 Å². The van der Waals surface area contributed by atoms with E-state index in [9.17, 15) is 4.79 Å². The van der Waals surface area contributed by atoms with Gasteiger partial charge in [-0.25, -0.2) is 0 Å². The van der Waals surface area contributed by atoms with Gasteiger partial charge in [0, 0.05) is 5.56 Å². The van der Waals surface area contributed by atoms with Crippen LogP contribution in [0.25, 0.3) is 6.08 Å². The van der Waals surface area contributed by atoms with Crippen LogP contribution < -0.4 is 0 Å². The minimum absolute atomic E-state index is 0.213. The second kappa shape index (κ2) is 5.83. The standard InChI is InChI=1S/C10H11ClO2S/c1-2-13-9(12)5-3-4-8-6-7-14-10(8)11/h3-4,6-7H,2,5H2,1H3. The Labute approximate surface area is 92.2 Å². The fourth-order valence-corrected chi connectivity index (χ4v) is 1.81. The average molecular weight is 231 g/mol. The maximum absolute atomic E-state index is 11.0. The highest BCUT2D eigenvalue weighted by Gasteiger charge is 1.98. The molecule has 0 saturated heterocycles. The fourth-order valence-electron chi connectivity index (χ4n) is 0.924. The minimum Gasteiger partial charge on any atom is -0.466 e. The lowest BCUT2D eigenvalue weighted by molar-refractivity contribution is -0.142. The Bertz CT molecular complexity index is 331. The molecular weight excluding hydrogens is 220 g/mol. The van der Waals surface area contributed by atoms with Crippen molar-refractivity contribution in [1.82, 2.24) is 0 Å². The largest absolute Gasteiger partial charge is 0.466 e. The van der Waals surface area contributed by atoms with Crippen molar-refractivity contribution >= 4 is 35.0 Å². The van der Waals surface area contributed by atoms with Gasteiger partial charge < -0.3 is 4.74 Å². The second-order valence-corrected chi connectivity index (χ2v) is 4.08. The molecule has 1 aromatic heterocycles. The molecule has 0 fully saturated rings. The summed E-state index contributed by atoms with van der Waals surface area (Å²) < 4.78 is 5.51. The Morgan fingerprint density at radius 1 is 1.71 bits per heavy atom. The summed E-state index contributed by atoms with van der Waals surface area (Å²) in [5.41, 5.74) is 0.945. The lowest BCUT2D eigenvalue weighted by Gasteiger charge is -1.96. The molecule has 0 amide bonds. The topological polar surface area (TPSA) is 26.3 Å². The first-order valence-corrected chi connectivity index (χ1v) is 5.55. The van der Waals surface area contributed by atoms with Gasteiger partial charge in [0.2, 0.25) is 0 Å². The molecule has 4 heteroatoms. The number of carbonyl (C=O) groups excluding carboxylic acids is 1. The maximum Gasteiger partial charge on any atom is 0.309 e. The van der Waals surface area contributed by atoms with Crippen molar-refractivity contribution in [3.05, 3.63) is 27.4 Å². The number of carbonyl (C=O) groups is 1. The zero-order chi connectivity index (χ0) is 10.4. The SMILES string of the molecule is CCOC(=O)CC=Cc1ccsc1Cl. The van der Waals surface area contributed by atoms with E-state index in [0.717, 1.165) is 9.90 Å². The highest BCUT2D eigenvalue weighted by molar-refractivity contribution is 7.14. The van der Waals surface area contributed by atoms with E-state index in [0.29, 0.717) is 13.0 Å². The number of hydrogen-bond donors (Lipinski definition) is 0. The van der Waals surface area contributed by atoms with E-state index in [1.165, 1.54) is 11.3 Å². The van der Waals surface area contributed by atoms with E-state index in [4.69, 9.17) is 16.3 Å². The average Bonchev–Trinajstić information content (AvgIpc) is 2.52. The van der Waals surface area contributed by atoms with E-state index in [1.54, 1.807) is 13.0 Å².